The second kappa shape index (κ2) is 25.3. The average Bonchev–Trinajstić information content (AvgIpc) is 4.33. The molecule has 416 valence electrons. The van der Waals surface area contributed by atoms with Crippen LogP contribution in [0.3, 0.4) is 0 Å². The molecule has 0 saturated carbocycles. The number of amides is 1. The largest absolute Gasteiger partial charge is 0.492 e. The number of fused-ring (bicyclic) bond motifs is 4. The molecule has 5 atom stereocenters. The number of carbonyl (C=O) groups is 2. The van der Waals surface area contributed by atoms with E-state index in [2.05, 4.69) is 59.6 Å². The van der Waals surface area contributed by atoms with Crippen LogP contribution in [-0.4, -0.2) is 132 Å². The molecule has 0 radical (unpaired) electrons. The molecule has 2 aromatic carbocycles. The Morgan fingerprint density at radius 2 is 1.68 bits per heavy atom. The third-order valence-electron chi connectivity index (χ3n) is 15.3. The molecule has 1 amide bonds. The molecule has 0 bridgehead atoms. The number of nitrogens with zero attached hydrogens (tertiary/aromatic N) is 6. The first-order valence-corrected chi connectivity index (χ1v) is 32.2. The molecule has 0 aliphatic carbocycles. The molecule has 18 heteroatoms. The monoisotopic (exact) mass is 1100 g/mol. The predicted octanol–water partition coefficient (Wildman–Crippen LogP) is 11.0. The number of allylic oxidation sites excluding steroid dienone is 1. The van der Waals surface area contributed by atoms with E-state index in [0.29, 0.717) is 85.2 Å². The standard InChI is InChI=1S/C60H76ClN7O9Si/c1-39(2)59(70)67-34-40(3)54-46(32-62-33-49(54)67)43-16-17-44-35-66(25-22-42(44)30-43)24-12-9-7-8-10-14-52(69)63-23-27-72-45-20-18-41(19-21-45)55-47(61)31-48-58(65-55)68(38-71-28-29-78(4,5)6)60(64-48)77-51-37-75-56-50(36-74-57(51)56)76-53-15-11-13-26-73-53/h16-21,30-34,50-51,53,56-57H,1,7-15,22-29,35-38H2,2-6H3,(H,63,69)/t50-,51-,53?,56-,57-/m1/s1. The summed E-state index contributed by atoms with van der Waals surface area (Å²) >= 11 is 6.92. The third-order valence-corrected chi connectivity index (χ3v) is 17.3. The van der Waals surface area contributed by atoms with Crippen molar-refractivity contribution in [2.24, 2.45) is 0 Å². The number of halogens is 1. The van der Waals surface area contributed by atoms with Crippen molar-refractivity contribution in [3.05, 3.63) is 101 Å². The van der Waals surface area contributed by atoms with E-state index < -0.39 is 14.2 Å². The molecule has 8 heterocycles. The number of nitrogens with one attached hydrogen (secondary N) is 1. The van der Waals surface area contributed by atoms with Gasteiger partial charge in [-0.2, -0.15) is 4.98 Å². The van der Waals surface area contributed by atoms with E-state index in [1.54, 1.807) is 17.7 Å². The highest BCUT2D eigenvalue weighted by atomic mass is 35.5. The zero-order chi connectivity index (χ0) is 54.3. The number of rotatable bonds is 24. The number of unbranched alkanes of at least 4 members (excludes halogenated alkanes) is 4. The van der Waals surface area contributed by atoms with Crippen LogP contribution in [0.1, 0.15) is 86.2 Å². The van der Waals surface area contributed by atoms with Gasteiger partial charge in [-0.25, -0.2) is 4.98 Å². The van der Waals surface area contributed by atoms with Crippen LogP contribution in [-0.2, 0) is 48.2 Å². The van der Waals surface area contributed by atoms with Gasteiger partial charge in [0.1, 0.15) is 42.9 Å². The summed E-state index contributed by atoms with van der Waals surface area (Å²) in [5.74, 6) is 0.613. The Morgan fingerprint density at radius 3 is 2.47 bits per heavy atom. The van der Waals surface area contributed by atoms with E-state index in [1.807, 2.05) is 54.2 Å². The van der Waals surface area contributed by atoms with Gasteiger partial charge in [0.15, 0.2) is 18.0 Å². The highest BCUT2D eigenvalue weighted by Gasteiger charge is 2.51. The van der Waals surface area contributed by atoms with Gasteiger partial charge in [0.25, 0.3) is 5.91 Å². The highest BCUT2D eigenvalue weighted by Crippen LogP contribution is 2.37. The van der Waals surface area contributed by atoms with Gasteiger partial charge in [-0.3, -0.25) is 28.6 Å². The number of aryl methyl sites for hydroxylation is 1. The van der Waals surface area contributed by atoms with Crippen molar-refractivity contribution in [1.29, 1.82) is 0 Å². The minimum absolute atomic E-state index is 0.0464. The fraction of sp³-hybridized carbons (Fsp3) is 0.517. The first-order chi connectivity index (χ1) is 37.8. The maximum absolute atomic E-state index is 12.8. The Bertz CT molecular complexity index is 3080. The Kier molecular flexibility index (Phi) is 18.1. The Labute approximate surface area is 464 Å². The van der Waals surface area contributed by atoms with Crippen molar-refractivity contribution >= 4 is 53.6 Å². The molecule has 4 aliphatic heterocycles. The lowest BCUT2D eigenvalue weighted by Gasteiger charge is -2.29. The van der Waals surface area contributed by atoms with Gasteiger partial charge in [0, 0.05) is 75.3 Å². The van der Waals surface area contributed by atoms with E-state index in [4.69, 9.17) is 54.7 Å². The number of hydrogen-bond acceptors (Lipinski definition) is 13. The molecule has 78 heavy (non-hydrogen) atoms. The first kappa shape index (κ1) is 55.8. The predicted molar refractivity (Wildman–Crippen MR) is 305 cm³/mol. The Balaban J connectivity index is 0.644. The number of pyridine rings is 2. The van der Waals surface area contributed by atoms with Gasteiger partial charge in [0.05, 0.1) is 42.2 Å². The molecule has 1 N–H and O–H groups in total. The Hall–Kier alpha value is -5.50. The minimum atomic E-state index is -1.33. The summed E-state index contributed by atoms with van der Waals surface area (Å²) in [7, 11) is -1.33. The van der Waals surface area contributed by atoms with Crippen molar-refractivity contribution in [2.45, 2.75) is 148 Å². The summed E-state index contributed by atoms with van der Waals surface area (Å²) in [6, 6.07) is 17.6. The van der Waals surface area contributed by atoms with E-state index in [0.717, 1.165) is 117 Å². The molecule has 4 aromatic heterocycles. The van der Waals surface area contributed by atoms with Crippen molar-refractivity contribution in [1.82, 2.24) is 34.3 Å². The third kappa shape index (κ3) is 13.4. The quantitative estimate of drug-likeness (QED) is 0.0346. The highest BCUT2D eigenvalue weighted by molar-refractivity contribution is 6.76. The topological polar surface area (TPSA) is 163 Å². The molecule has 3 fully saturated rings. The lowest BCUT2D eigenvalue weighted by Crippen LogP contribution is -2.38. The van der Waals surface area contributed by atoms with E-state index >= 15 is 0 Å². The van der Waals surface area contributed by atoms with Crippen LogP contribution < -0.4 is 14.8 Å². The van der Waals surface area contributed by atoms with Crippen LogP contribution in [0.4, 0.5) is 0 Å². The maximum Gasteiger partial charge on any atom is 0.301 e. The second-order valence-corrected chi connectivity index (χ2v) is 28.7. The van der Waals surface area contributed by atoms with E-state index in [9.17, 15) is 9.59 Å². The second-order valence-electron chi connectivity index (χ2n) is 22.7. The van der Waals surface area contributed by atoms with Gasteiger partial charge in [-0.05, 0) is 118 Å². The fourth-order valence-corrected chi connectivity index (χ4v) is 12.0. The number of imidazole rings is 1. The summed E-state index contributed by atoms with van der Waals surface area (Å²) < 4.78 is 46.9. The van der Waals surface area contributed by atoms with Gasteiger partial charge < -0.3 is 38.5 Å². The van der Waals surface area contributed by atoms with E-state index in [1.165, 1.54) is 11.1 Å². The lowest BCUT2D eigenvalue weighted by molar-refractivity contribution is -0.202. The summed E-state index contributed by atoms with van der Waals surface area (Å²) in [6.07, 6.45) is 13.9. The molecule has 10 rings (SSSR count). The summed E-state index contributed by atoms with van der Waals surface area (Å²) in [4.78, 5) is 42.5. The molecule has 6 aromatic rings. The molecule has 3 saturated heterocycles. The van der Waals surface area contributed by atoms with Crippen LogP contribution in [0.5, 0.6) is 11.8 Å². The van der Waals surface area contributed by atoms with Crippen molar-refractivity contribution in [3.63, 3.8) is 0 Å². The lowest BCUT2D eigenvalue weighted by atomic mass is 9.93. The fourth-order valence-electron chi connectivity index (χ4n) is 11.0. The van der Waals surface area contributed by atoms with E-state index in [-0.39, 0.29) is 43.1 Å². The number of benzene rings is 2. The van der Waals surface area contributed by atoms with Crippen molar-refractivity contribution in [3.8, 4) is 34.1 Å². The molecule has 0 spiro atoms. The molecular formula is C60H76ClN7O9Si. The van der Waals surface area contributed by atoms with Crippen LogP contribution in [0.25, 0.3) is 44.5 Å². The molecule has 1 unspecified atom stereocenters. The zero-order valence-electron chi connectivity index (χ0n) is 46.0. The number of ether oxygens (including phenoxy) is 7. The molecule has 16 nitrogen and oxygen atoms in total. The first-order valence-electron chi connectivity index (χ1n) is 28.1. The maximum atomic E-state index is 12.8. The number of hydrogen-bond donors (Lipinski definition) is 1. The molecule has 4 aliphatic rings. The minimum Gasteiger partial charge on any atom is -0.492 e. The van der Waals surface area contributed by atoms with Crippen molar-refractivity contribution in [2.75, 3.05) is 52.7 Å². The smallest absolute Gasteiger partial charge is 0.301 e. The van der Waals surface area contributed by atoms with Gasteiger partial charge in [-0.1, -0.05) is 75.3 Å². The zero-order valence-corrected chi connectivity index (χ0v) is 47.8. The molecular weight excluding hydrogens is 1030 g/mol. The van der Waals surface area contributed by atoms with Crippen molar-refractivity contribution < 1.29 is 42.7 Å². The number of aromatic nitrogens is 5. The van der Waals surface area contributed by atoms with Gasteiger partial charge in [-0.15, -0.1) is 0 Å². The number of carbonyl (C=O) groups excluding carboxylic acids is 2. The van der Waals surface area contributed by atoms with Crippen LogP contribution >= 0.6 is 11.6 Å². The summed E-state index contributed by atoms with van der Waals surface area (Å²) in [6.45, 7) is 20.7. The van der Waals surface area contributed by atoms with Crippen LogP contribution in [0.2, 0.25) is 30.7 Å². The van der Waals surface area contributed by atoms with Crippen LogP contribution in [0, 0.1) is 6.92 Å². The summed E-state index contributed by atoms with van der Waals surface area (Å²) in [5.41, 5.74) is 9.88. The Morgan fingerprint density at radius 1 is 0.897 bits per heavy atom. The van der Waals surface area contributed by atoms with Gasteiger partial charge in [0.2, 0.25) is 5.91 Å². The van der Waals surface area contributed by atoms with Gasteiger partial charge >= 0.3 is 6.01 Å². The SMILES string of the molecule is C=C(C)C(=O)n1cc(C)c2c(-c3ccc4c(c3)CCN(CCCCCCCC(=O)NCCOc3ccc(-c5nc6c(cc5Cl)nc(O[C@@H]5CO[C@H]7[C@@H]5OC[C@H]7OC5CCCCO5)n6COCC[Si](C)(C)C)cc3)C4)cncc21. The average molecular weight is 1100 g/mol. The summed E-state index contributed by atoms with van der Waals surface area (Å²) in [5, 5.41) is 4.52. The normalized spacial score (nSPS) is 20.5. The van der Waals surface area contributed by atoms with Crippen LogP contribution in [0.15, 0.2) is 79.3 Å².